The first-order valence-electron chi connectivity index (χ1n) is 9.01. The Labute approximate surface area is 158 Å². The fraction of sp³-hybridized carbons (Fsp3) is 0.273. The maximum atomic E-state index is 12.4. The van der Waals surface area contributed by atoms with Gasteiger partial charge in [0.25, 0.3) is 0 Å². The van der Waals surface area contributed by atoms with Crippen molar-refractivity contribution in [2.45, 2.75) is 32.3 Å². The lowest BCUT2D eigenvalue weighted by Gasteiger charge is -2.12. The lowest BCUT2D eigenvalue weighted by atomic mass is 10.1. The van der Waals surface area contributed by atoms with Crippen LogP contribution in [0.4, 0.5) is 0 Å². The number of rotatable bonds is 8. The molecule has 3 rings (SSSR count). The molecule has 0 radical (unpaired) electrons. The van der Waals surface area contributed by atoms with E-state index in [0.29, 0.717) is 17.7 Å². The molecule has 2 aromatic carbocycles. The molecule has 0 fully saturated rings. The number of H-pyrrole nitrogens is 1. The lowest BCUT2D eigenvalue weighted by Crippen LogP contribution is -2.24. The van der Waals surface area contributed by atoms with Gasteiger partial charge < -0.3 is 14.5 Å². The molecule has 3 aromatic rings. The number of aromatic nitrogens is 1. The maximum absolute atomic E-state index is 12.4. The highest BCUT2D eigenvalue weighted by Gasteiger charge is 2.19. The molecule has 1 aromatic heterocycles. The van der Waals surface area contributed by atoms with E-state index >= 15 is 0 Å². The Morgan fingerprint density at radius 2 is 1.81 bits per heavy atom. The van der Waals surface area contributed by atoms with Crippen LogP contribution in [0.5, 0.6) is 5.75 Å². The smallest absolute Gasteiger partial charge is 0.306 e. The topological polar surface area (TPSA) is 68.4 Å². The minimum absolute atomic E-state index is 0.220. The number of methoxy groups -OCH3 is 1. The molecule has 0 bridgehead atoms. The number of carbonyl (C=O) groups excluding carboxylic acids is 2. The van der Waals surface area contributed by atoms with Crippen molar-refractivity contribution in [3.63, 3.8) is 0 Å². The molecule has 140 valence electrons. The van der Waals surface area contributed by atoms with Crippen LogP contribution < -0.4 is 4.74 Å². The first-order valence-corrected chi connectivity index (χ1v) is 9.01. The first kappa shape index (κ1) is 18.7. The summed E-state index contributed by atoms with van der Waals surface area (Å²) in [6, 6.07) is 14.8. The van der Waals surface area contributed by atoms with Crippen LogP contribution in [0, 0.1) is 0 Å². The van der Waals surface area contributed by atoms with Crippen LogP contribution in [0.2, 0.25) is 0 Å². The SMILES string of the molecule is COc1ccc(C(=O)[C@@H](C)OC(=O)CCCc2c[nH]c3ccccc23)cc1. The maximum Gasteiger partial charge on any atom is 0.306 e. The number of Topliss-reactive ketones (excluding diaryl/α,β-unsaturated/α-hetero) is 1. The molecule has 1 N–H and O–H groups in total. The fourth-order valence-electron chi connectivity index (χ4n) is 3.06. The number of para-hydroxylation sites is 1. The van der Waals surface area contributed by atoms with Crippen LogP contribution in [0.25, 0.3) is 10.9 Å². The number of ether oxygens (including phenoxy) is 2. The van der Waals surface area contributed by atoms with Gasteiger partial charge in [0, 0.05) is 29.1 Å². The highest BCUT2D eigenvalue weighted by molar-refractivity contribution is 6.00. The van der Waals surface area contributed by atoms with Crippen molar-refractivity contribution in [3.8, 4) is 5.75 Å². The van der Waals surface area contributed by atoms with Crippen molar-refractivity contribution in [3.05, 3.63) is 65.9 Å². The van der Waals surface area contributed by atoms with Gasteiger partial charge in [-0.25, -0.2) is 0 Å². The quantitative estimate of drug-likeness (QED) is 0.477. The number of hydrogen-bond donors (Lipinski definition) is 1. The van der Waals surface area contributed by atoms with Crippen LogP contribution in [-0.4, -0.2) is 30.0 Å². The molecule has 0 unspecified atom stereocenters. The van der Waals surface area contributed by atoms with E-state index in [9.17, 15) is 9.59 Å². The predicted octanol–water partition coefficient (Wildman–Crippen LogP) is 4.31. The number of benzene rings is 2. The summed E-state index contributed by atoms with van der Waals surface area (Å²) < 4.78 is 10.4. The molecule has 0 aliphatic rings. The average molecular weight is 365 g/mol. The van der Waals surface area contributed by atoms with Crippen LogP contribution >= 0.6 is 0 Å². The third-order valence-corrected chi connectivity index (χ3v) is 4.55. The average Bonchev–Trinajstić information content (AvgIpc) is 3.10. The summed E-state index contributed by atoms with van der Waals surface area (Å²) in [7, 11) is 1.57. The summed E-state index contributed by atoms with van der Waals surface area (Å²) in [6.07, 6.45) is 2.90. The van der Waals surface area contributed by atoms with Gasteiger partial charge >= 0.3 is 5.97 Å². The van der Waals surface area contributed by atoms with Gasteiger partial charge in [-0.3, -0.25) is 9.59 Å². The van der Waals surface area contributed by atoms with E-state index in [1.807, 2.05) is 24.4 Å². The lowest BCUT2D eigenvalue weighted by molar-refractivity contribution is -0.146. The summed E-state index contributed by atoms with van der Waals surface area (Å²) >= 11 is 0. The molecular weight excluding hydrogens is 342 g/mol. The van der Waals surface area contributed by atoms with Crippen LogP contribution in [0.15, 0.2) is 54.7 Å². The van der Waals surface area contributed by atoms with Gasteiger partial charge in [0.1, 0.15) is 5.75 Å². The van der Waals surface area contributed by atoms with Gasteiger partial charge in [0.15, 0.2) is 6.10 Å². The molecule has 5 heteroatoms. The first-order chi connectivity index (χ1) is 13.1. The van der Waals surface area contributed by atoms with Gasteiger partial charge in [-0.1, -0.05) is 18.2 Å². The molecule has 0 saturated carbocycles. The number of aryl methyl sites for hydroxylation is 1. The summed E-state index contributed by atoms with van der Waals surface area (Å²) in [5.41, 5.74) is 2.77. The largest absolute Gasteiger partial charge is 0.497 e. The summed E-state index contributed by atoms with van der Waals surface area (Å²) in [5.74, 6) is 0.0975. The zero-order chi connectivity index (χ0) is 19.2. The number of carbonyl (C=O) groups is 2. The Kier molecular flexibility index (Phi) is 5.91. The zero-order valence-electron chi connectivity index (χ0n) is 15.5. The Hall–Kier alpha value is -3.08. The molecule has 0 aliphatic carbocycles. The van der Waals surface area contributed by atoms with Crippen molar-refractivity contribution in [1.29, 1.82) is 0 Å². The van der Waals surface area contributed by atoms with Crippen molar-refractivity contribution in [2.75, 3.05) is 7.11 Å². The number of hydrogen-bond acceptors (Lipinski definition) is 4. The molecule has 0 aliphatic heterocycles. The van der Waals surface area contributed by atoms with Gasteiger partial charge in [0.05, 0.1) is 7.11 Å². The number of esters is 1. The highest BCUT2D eigenvalue weighted by Crippen LogP contribution is 2.20. The van der Waals surface area contributed by atoms with E-state index in [0.717, 1.165) is 11.9 Å². The van der Waals surface area contributed by atoms with Gasteiger partial charge in [-0.05, 0) is 55.7 Å². The monoisotopic (exact) mass is 365 g/mol. The van der Waals surface area contributed by atoms with Crippen molar-refractivity contribution >= 4 is 22.7 Å². The minimum atomic E-state index is -0.806. The molecule has 0 amide bonds. The minimum Gasteiger partial charge on any atom is -0.497 e. The number of aromatic amines is 1. The Morgan fingerprint density at radius 1 is 1.07 bits per heavy atom. The van der Waals surface area contributed by atoms with Gasteiger partial charge in [-0.15, -0.1) is 0 Å². The third-order valence-electron chi connectivity index (χ3n) is 4.55. The highest BCUT2D eigenvalue weighted by atomic mass is 16.5. The Balaban J connectivity index is 1.48. The van der Waals surface area contributed by atoms with Crippen molar-refractivity contribution in [1.82, 2.24) is 4.98 Å². The second-order valence-corrected chi connectivity index (χ2v) is 6.44. The van der Waals surface area contributed by atoms with Gasteiger partial charge in [-0.2, -0.15) is 0 Å². The van der Waals surface area contributed by atoms with E-state index in [1.165, 1.54) is 10.9 Å². The molecule has 5 nitrogen and oxygen atoms in total. The second kappa shape index (κ2) is 8.54. The standard InChI is InChI=1S/C22H23NO4/c1-15(22(25)16-10-12-18(26-2)13-11-16)27-21(24)9-5-6-17-14-23-20-8-4-3-7-19(17)20/h3-4,7-8,10-15,23H,5-6,9H2,1-2H3/t15-/m1/s1. The van der Waals surface area contributed by atoms with E-state index in [4.69, 9.17) is 9.47 Å². The summed E-state index contributed by atoms with van der Waals surface area (Å²) in [4.78, 5) is 27.7. The Bertz CT molecular complexity index is 927. The molecule has 1 heterocycles. The van der Waals surface area contributed by atoms with E-state index in [1.54, 1.807) is 38.3 Å². The normalized spacial score (nSPS) is 11.9. The molecule has 0 spiro atoms. The Morgan fingerprint density at radius 3 is 2.56 bits per heavy atom. The number of ketones is 1. The molecule has 0 saturated heterocycles. The second-order valence-electron chi connectivity index (χ2n) is 6.44. The summed E-state index contributed by atoms with van der Waals surface area (Å²) in [6.45, 7) is 1.60. The number of nitrogens with one attached hydrogen (secondary N) is 1. The van der Waals surface area contributed by atoms with Crippen LogP contribution in [0.3, 0.4) is 0 Å². The summed E-state index contributed by atoms with van der Waals surface area (Å²) in [5, 5.41) is 1.17. The van der Waals surface area contributed by atoms with Crippen LogP contribution in [-0.2, 0) is 16.0 Å². The zero-order valence-corrected chi connectivity index (χ0v) is 15.5. The number of fused-ring (bicyclic) bond motifs is 1. The van der Waals surface area contributed by atoms with Crippen molar-refractivity contribution in [2.24, 2.45) is 0 Å². The van der Waals surface area contributed by atoms with E-state index in [2.05, 4.69) is 11.1 Å². The predicted molar refractivity (Wildman–Crippen MR) is 104 cm³/mol. The third kappa shape index (κ3) is 4.56. The van der Waals surface area contributed by atoms with Gasteiger partial charge in [0.2, 0.25) is 5.78 Å². The van der Waals surface area contributed by atoms with Crippen molar-refractivity contribution < 1.29 is 19.1 Å². The molecular formula is C22H23NO4. The van der Waals surface area contributed by atoms with Crippen LogP contribution in [0.1, 0.15) is 35.7 Å². The van der Waals surface area contributed by atoms with E-state index in [-0.39, 0.29) is 18.2 Å². The van der Waals surface area contributed by atoms with E-state index < -0.39 is 6.10 Å². The molecule has 27 heavy (non-hydrogen) atoms. The molecule has 1 atom stereocenters. The fourth-order valence-corrected chi connectivity index (χ4v) is 3.06.